The number of rotatable bonds is 26. The van der Waals surface area contributed by atoms with Crippen LogP contribution < -0.4 is 0 Å². The quantitative estimate of drug-likeness (QED) is 0.0376. The van der Waals surface area contributed by atoms with Crippen molar-refractivity contribution in [3.8, 4) is 0 Å². The van der Waals surface area contributed by atoms with Gasteiger partial charge in [-0.3, -0.25) is 4.89 Å². The minimum Gasteiger partial charge on any atom is -0.457 e. The minimum atomic E-state index is -1.20. The topological polar surface area (TPSA) is 71.1 Å². The molecule has 0 aliphatic heterocycles. The van der Waals surface area contributed by atoms with Gasteiger partial charge in [0.1, 0.15) is 5.60 Å². The van der Waals surface area contributed by atoms with Gasteiger partial charge in [0.05, 0.1) is 6.61 Å². The first-order valence-electron chi connectivity index (χ1n) is 15.2. The number of hydrogen-bond donors (Lipinski definition) is 0. The maximum atomic E-state index is 11.6. The number of esters is 1. The zero-order valence-corrected chi connectivity index (χ0v) is 24.2. The molecule has 0 aliphatic rings. The molecule has 0 unspecified atom stereocenters. The summed E-state index contributed by atoms with van der Waals surface area (Å²) in [6, 6.07) is 0. The summed E-state index contributed by atoms with van der Waals surface area (Å²) in [5, 5.41) is 4.43. The Morgan fingerprint density at radius 1 is 0.528 bits per heavy atom. The molecule has 0 amide bonds. The summed E-state index contributed by atoms with van der Waals surface area (Å²) in [5.74, 6) is -2.25. The van der Waals surface area contributed by atoms with E-state index in [1.54, 1.807) is 0 Å². The smallest absolute Gasteiger partial charge is 0.453 e. The molecule has 0 saturated heterocycles. The summed E-state index contributed by atoms with van der Waals surface area (Å²) in [6.07, 6.45) is 28.0. The number of unbranched alkanes of at least 4 members (excludes halogenated alkanes) is 19. The molecule has 0 radical (unpaired) electrons. The Morgan fingerprint density at radius 3 is 1.31 bits per heavy atom. The molecule has 0 fully saturated rings. The average molecular weight is 515 g/mol. The highest BCUT2D eigenvalue weighted by molar-refractivity contribution is 6.29. The number of hydrogen-bond acceptors (Lipinski definition) is 6. The molecule has 0 atom stereocenters. The highest BCUT2D eigenvalue weighted by Crippen LogP contribution is 2.17. The Bertz CT molecular complexity index is 506. The van der Waals surface area contributed by atoms with Crippen LogP contribution in [-0.2, 0) is 29.1 Å². The largest absolute Gasteiger partial charge is 0.457 e. The van der Waals surface area contributed by atoms with Gasteiger partial charge in [0.2, 0.25) is 0 Å². The van der Waals surface area contributed by atoms with Crippen LogP contribution in [0.5, 0.6) is 0 Å². The van der Waals surface area contributed by atoms with Gasteiger partial charge < -0.3 is 4.74 Å². The SMILES string of the molecule is CCCCCCCCCCCCCCCCCCCCCCOC(=O)C(=O)OOOC(C)(C)CCC. The van der Waals surface area contributed by atoms with Crippen LogP contribution in [-0.4, -0.2) is 24.1 Å². The van der Waals surface area contributed by atoms with Gasteiger partial charge in [-0.15, -0.1) is 0 Å². The highest BCUT2D eigenvalue weighted by Gasteiger charge is 2.23. The van der Waals surface area contributed by atoms with Crippen molar-refractivity contribution in [1.82, 2.24) is 0 Å². The fraction of sp³-hybridized carbons (Fsp3) is 0.933. The lowest BCUT2D eigenvalue weighted by Crippen LogP contribution is -2.27. The van der Waals surface area contributed by atoms with E-state index in [0.29, 0.717) is 0 Å². The highest BCUT2D eigenvalue weighted by atomic mass is 17.5. The van der Waals surface area contributed by atoms with Gasteiger partial charge in [0.25, 0.3) is 0 Å². The van der Waals surface area contributed by atoms with Gasteiger partial charge in [-0.05, 0) is 31.7 Å². The fourth-order valence-electron chi connectivity index (χ4n) is 4.40. The van der Waals surface area contributed by atoms with Crippen LogP contribution in [0.2, 0.25) is 0 Å². The predicted molar refractivity (Wildman–Crippen MR) is 146 cm³/mol. The first-order valence-corrected chi connectivity index (χ1v) is 15.2. The summed E-state index contributed by atoms with van der Waals surface area (Å²) in [7, 11) is 0. The van der Waals surface area contributed by atoms with E-state index in [1.807, 2.05) is 20.8 Å². The summed E-state index contributed by atoms with van der Waals surface area (Å²) in [4.78, 5) is 32.5. The molecular formula is C30H58O6. The van der Waals surface area contributed by atoms with Crippen LogP contribution in [0.15, 0.2) is 0 Å². The molecule has 0 aromatic carbocycles. The Kier molecular flexibility index (Phi) is 24.7. The second-order valence-electron chi connectivity index (χ2n) is 10.9. The predicted octanol–water partition coefficient (Wildman–Crippen LogP) is 9.34. The van der Waals surface area contributed by atoms with Gasteiger partial charge in [-0.25, -0.2) is 9.59 Å². The van der Waals surface area contributed by atoms with E-state index in [4.69, 9.17) is 9.62 Å². The lowest BCUT2D eigenvalue weighted by molar-refractivity contribution is -0.516. The van der Waals surface area contributed by atoms with Crippen molar-refractivity contribution >= 4 is 11.9 Å². The molecule has 6 nitrogen and oxygen atoms in total. The lowest BCUT2D eigenvalue weighted by atomic mass is 10.0. The molecule has 214 valence electrons. The van der Waals surface area contributed by atoms with Crippen molar-refractivity contribution in [3.63, 3.8) is 0 Å². The van der Waals surface area contributed by atoms with E-state index >= 15 is 0 Å². The van der Waals surface area contributed by atoms with Gasteiger partial charge in [0.15, 0.2) is 0 Å². The molecule has 0 aromatic heterocycles. The maximum absolute atomic E-state index is 11.6. The molecular weight excluding hydrogens is 456 g/mol. The molecule has 0 saturated carbocycles. The monoisotopic (exact) mass is 514 g/mol. The molecule has 0 aliphatic carbocycles. The summed E-state index contributed by atoms with van der Waals surface area (Å²) >= 11 is 0. The van der Waals surface area contributed by atoms with Crippen molar-refractivity contribution in [3.05, 3.63) is 0 Å². The summed E-state index contributed by atoms with van der Waals surface area (Å²) in [5.41, 5.74) is -0.592. The first-order chi connectivity index (χ1) is 17.4. The maximum Gasteiger partial charge on any atom is 0.453 e. The van der Waals surface area contributed by atoms with Crippen molar-refractivity contribution in [2.75, 3.05) is 6.61 Å². The minimum absolute atomic E-state index is 0.217. The molecule has 0 rings (SSSR count). The molecule has 36 heavy (non-hydrogen) atoms. The van der Waals surface area contributed by atoms with E-state index in [1.165, 1.54) is 109 Å². The van der Waals surface area contributed by atoms with Gasteiger partial charge >= 0.3 is 11.9 Å². The molecule has 0 N–H and O–H groups in total. The standard InChI is InChI=1S/C30H58O6/c1-5-7-8-9-10-11-12-13-14-15-16-17-18-19-20-21-22-23-24-25-27-33-28(31)29(32)34-36-35-30(3,4)26-6-2/h5-27H2,1-4H3. The van der Waals surface area contributed by atoms with Crippen molar-refractivity contribution in [1.29, 1.82) is 0 Å². The number of ether oxygens (including phenoxy) is 1. The van der Waals surface area contributed by atoms with E-state index in [-0.39, 0.29) is 6.61 Å². The lowest BCUT2D eigenvalue weighted by Gasteiger charge is -2.20. The normalized spacial score (nSPS) is 11.6. The van der Waals surface area contributed by atoms with Gasteiger partial charge in [0, 0.05) is 0 Å². The third-order valence-corrected chi connectivity index (χ3v) is 6.62. The van der Waals surface area contributed by atoms with Crippen molar-refractivity contribution in [2.24, 2.45) is 0 Å². The van der Waals surface area contributed by atoms with Crippen molar-refractivity contribution in [2.45, 2.75) is 175 Å². The average Bonchev–Trinajstić information content (AvgIpc) is 2.84. The Hall–Kier alpha value is -1.14. The van der Waals surface area contributed by atoms with Crippen LogP contribution in [0.25, 0.3) is 0 Å². The van der Waals surface area contributed by atoms with E-state index in [0.717, 1.165) is 32.1 Å². The third kappa shape index (κ3) is 24.5. The van der Waals surface area contributed by atoms with E-state index < -0.39 is 17.5 Å². The molecule has 0 aromatic rings. The second-order valence-corrected chi connectivity index (χ2v) is 10.9. The Labute approximate surface area is 222 Å². The fourth-order valence-corrected chi connectivity index (χ4v) is 4.40. The van der Waals surface area contributed by atoms with Crippen molar-refractivity contribution < 1.29 is 29.1 Å². The molecule has 6 heteroatoms. The Balaban J connectivity index is 3.31. The number of carbonyl (C=O) groups is 2. The summed E-state index contributed by atoms with van der Waals surface area (Å²) in [6.45, 7) is 8.12. The first kappa shape index (κ1) is 34.9. The van der Waals surface area contributed by atoms with E-state index in [9.17, 15) is 9.59 Å². The second kappa shape index (κ2) is 25.5. The van der Waals surface area contributed by atoms with Crippen LogP contribution in [0, 0.1) is 0 Å². The summed E-state index contributed by atoms with van der Waals surface area (Å²) < 4.78 is 4.92. The van der Waals surface area contributed by atoms with Crippen LogP contribution in [0.3, 0.4) is 0 Å². The van der Waals surface area contributed by atoms with Gasteiger partial charge in [-0.1, -0.05) is 142 Å². The molecule has 0 bridgehead atoms. The van der Waals surface area contributed by atoms with Gasteiger partial charge in [-0.2, -0.15) is 4.89 Å². The van der Waals surface area contributed by atoms with Crippen LogP contribution in [0.4, 0.5) is 0 Å². The zero-order chi connectivity index (χ0) is 26.7. The Morgan fingerprint density at radius 2 is 0.917 bits per heavy atom. The zero-order valence-electron chi connectivity index (χ0n) is 24.2. The van der Waals surface area contributed by atoms with Crippen LogP contribution >= 0.6 is 0 Å². The molecule has 0 spiro atoms. The third-order valence-electron chi connectivity index (χ3n) is 6.62. The molecule has 0 heterocycles. The number of carbonyl (C=O) groups excluding carboxylic acids is 2. The van der Waals surface area contributed by atoms with E-state index in [2.05, 4.69) is 16.8 Å². The van der Waals surface area contributed by atoms with Crippen LogP contribution in [0.1, 0.15) is 169 Å².